The summed E-state index contributed by atoms with van der Waals surface area (Å²) in [6.45, 7) is 4.96. The van der Waals surface area contributed by atoms with Crippen molar-refractivity contribution in [3.05, 3.63) is 40.1 Å². The van der Waals surface area contributed by atoms with Crippen molar-refractivity contribution in [2.75, 3.05) is 13.1 Å². The normalized spacial score (nSPS) is 20.2. The van der Waals surface area contributed by atoms with Crippen LogP contribution in [0.25, 0.3) is 11.6 Å². The molecule has 3 rings (SSSR count). The fourth-order valence-corrected chi connectivity index (χ4v) is 3.52. The molecule has 26 heavy (non-hydrogen) atoms. The van der Waals surface area contributed by atoms with Crippen LogP contribution in [0.5, 0.6) is 0 Å². The lowest BCUT2D eigenvalue weighted by Crippen LogP contribution is -2.52. The molecule has 3 N–H and O–H groups in total. The number of likely N-dealkylation sites (tertiary alicyclic amines) is 1. The molecule has 2 aromatic rings. The van der Waals surface area contributed by atoms with E-state index < -0.39 is 0 Å². The molecule has 0 radical (unpaired) electrons. The Morgan fingerprint density at radius 1 is 1.38 bits per heavy atom. The van der Waals surface area contributed by atoms with Gasteiger partial charge in [-0.25, -0.2) is 15.0 Å². The molecule has 1 fully saturated rings. The van der Waals surface area contributed by atoms with E-state index in [0.29, 0.717) is 41.9 Å². The fourth-order valence-electron chi connectivity index (χ4n) is 3.52. The number of hydrogen-bond acceptors (Lipinski definition) is 6. The largest absolute Gasteiger partial charge is 0.338 e. The summed E-state index contributed by atoms with van der Waals surface area (Å²) in [6, 6.07) is 1.72. The number of nitrogens with one attached hydrogen (secondary N) is 1. The number of carbonyl (C=O) groups excluding carboxylic acids is 1. The summed E-state index contributed by atoms with van der Waals surface area (Å²) in [6.07, 6.45) is 5.21. The van der Waals surface area contributed by atoms with Crippen molar-refractivity contribution in [3.63, 3.8) is 0 Å². The van der Waals surface area contributed by atoms with E-state index >= 15 is 0 Å². The zero-order valence-corrected chi connectivity index (χ0v) is 15.1. The number of hydrogen-bond donors (Lipinski definition) is 2. The van der Waals surface area contributed by atoms with Crippen LogP contribution in [-0.4, -0.2) is 49.9 Å². The fraction of sp³-hybridized carbons (Fsp3) is 0.500. The van der Waals surface area contributed by atoms with Crippen LogP contribution in [0, 0.1) is 12.8 Å². The Balaban J connectivity index is 1.84. The average molecular weight is 356 g/mol. The standard InChI is InChI=1S/C18H24N6O2/c1-11-5-3-8-24(14(11)10-19)15(25)9-13-12(2)22-17(23-18(13)26)16-20-6-4-7-21-16/h4,6-7,11,14H,3,5,8-10,19H2,1-2H3,(H,22,23,26)/t11-,14-/m0/s1. The number of carbonyl (C=O) groups is 1. The van der Waals surface area contributed by atoms with Gasteiger partial charge >= 0.3 is 0 Å². The number of nitrogens with zero attached hydrogens (tertiary/aromatic N) is 4. The smallest absolute Gasteiger partial charge is 0.255 e. The van der Waals surface area contributed by atoms with Gasteiger partial charge in [0.1, 0.15) is 0 Å². The highest BCUT2D eigenvalue weighted by Gasteiger charge is 2.31. The summed E-state index contributed by atoms with van der Waals surface area (Å²) in [5.74, 6) is 0.938. The van der Waals surface area contributed by atoms with Gasteiger partial charge in [0.25, 0.3) is 5.56 Å². The zero-order chi connectivity index (χ0) is 18.7. The molecule has 3 heterocycles. The summed E-state index contributed by atoms with van der Waals surface area (Å²) in [5, 5.41) is 0. The molecule has 2 atom stereocenters. The molecular weight excluding hydrogens is 332 g/mol. The molecule has 0 aromatic carbocycles. The summed E-state index contributed by atoms with van der Waals surface area (Å²) in [7, 11) is 0. The zero-order valence-electron chi connectivity index (χ0n) is 15.1. The molecule has 1 amide bonds. The lowest BCUT2D eigenvalue weighted by atomic mass is 9.90. The van der Waals surface area contributed by atoms with Crippen LogP contribution in [0.15, 0.2) is 23.3 Å². The van der Waals surface area contributed by atoms with Gasteiger partial charge in [0.05, 0.1) is 6.42 Å². The van der Waals surface area contributed by atoms with E-state index in [2.05, 4.69) is 26.9 Å². The van der Waals surface area contributed by atoms with Crippen LogP contribution in [0.4, 0.5) is 0 Å². The van der Waals surface area contributed by atoms with E-state index in [0.717, 1.165) is 12.8 Å². The topological polar surface area (TPSA) is 118 Å². The third-order valence-corrected chi connectivity index (χ3v) is 5.01. The Labute approximate surface area is 151 Å². The monoisotopic (exact) mass is 356 g/mol. The molecular formula is C18H24N6O2. The Kier molecular flexibility index (Phi) is 5.41. The summed E-state index contributed by atoms with van der Waals surface area (Å²) < 4.78 is 0. The van der Waals surface area contributed by atoms with Crippen molar-refractivity contribution in [2.45, 2.75) is 39.2 Å². The molecule has 138 valence electrons. The van der Waals surface area contributed by atoms with Crippen LogP contribution in [0.1, 0.15) is 31.0 Å². The molecule has 1 aliphatic rings. The maximum absolute atomic E-state index is 12.8. The Bertz CT molecular complexity index is 835. The molecule has 0 bridgehead atoms. The maximum atomic E-state index is 12.8. The lowest BCUT2D eigenvalue weighted by molar-refractivity contribution is -0.135. The second-order valence-corrected chi connectivity index (χ2v) is 6.74. The van der Waals surface area contributed by atoms with Crippen molar-refractivity contribution in [1.82, 2.24) is 24.8 Å². The second-order valence-electron chi connectivity index (χ2n) is 6.74. The predicted molar refractivity (Wildman–Crippen MR) is 97.3 cm³/mol. The molecule has 8 heteroatoms. The number of rotatable bonds is 4. The molecule has 0 spiro atoms. The van der Waals surface area contributed by atoms with Crippen molar-refractivity contribution in [3.8, 4) is 11.6 Å². The number of nitrogens with two attached hydrogens (primary N) is 1. The number of piperidine rings is 1. The second kappa shape index (κ2) is 7.74. The Morgan fingerprint density at radius 2 is 2.12 bits per heavy atom. The summed E-state index contributed by atoms with van der Waals surface area (Å²) >= 11 is 0. The van der Waals surface area contributed by atoms with Gasteiger partial charge < -0.3 is 15.6 Å². The third kappa shape index (κ3) is 3.65. The number of H-pyrrole nitrogens is 1. The molecule has 2 aromatic heterocycles. The van der Waals surface area contributed by atoms with Gasteiger partial charge in [0.15, 0.2) is 11.6 Å². The SMILES string of the molecule is Cc1nc(-c2ncccn2)[nH]c(=O)c1CC(=O)N1CCC[C@H](C)[C@@H]1CN. The van der Waals surface area contributed by atoms with Gasteiger partial charge in [-0.15, -0.1) is 0 Å². The molecule has 0 unspecified atom stereocenters. The predicted octanol–water partition coefficient (Wildman–Crippen LogP) is 0.664. The maximum Gasteiger partial charge on any atom is 0.255 e. The third-order valence-electron chi connectivity index (χ3n) is 5.01. The molecule has 1 aliphatic heterocycles. The first kappa shape index (κ1) is 18.2. The van der Waals surface area contributed by atoms with Crippen molar-refractivity contribution in [2.24, 2.45) is 11.7 Å². The van der Waals surface area contributed by atoms with Gasteiger partial charge in [0.2, 0.25) is 5.91 Å². The van der Waals surface area contributed by atoms with Gasteiger partial charge in [-0.1, -0.05) is 6.92 Å². The van der Waals surface area contributed by atoms with Crippen LogP contribution < -0.4 is 11.3 Å². The van der Waals surface area contributed by atoms with E-state index in [4.69, 9.17) is 5.73 Å². The highest BCUT2D eigenvalue weighted by Crippen LogP contribution is 2.23. The first-order valence-electron chi connectivity index (χ1n) is 8.88. The first-order chi connectivity index (χ1) is 12.5. The summed E-state index contributed by atoms with van der Waals surface area (Å²) in [5.41, 5.74) is 6.43. The highest BCUT2D eigenvalue weighted by atomic mass is 16.2. The quantitative estimate of drug-likeness (QED) is 0.831. The van der Waals surface area contributed by atoms with Gasteiger partial charge in [-0.2, -0.15) is 0 Å². The van der Waals surface area contributed by atoms with E-state index in [9.17, 15) is 9.59 Å². The number of amides is 1. The average Bonchev–Trinajstić information content (AvgIpc) is 2.64. The molecule has 0 saturated carbocycles. The Morgan fingerprint density at radius 3 is 2.77 bits per heavy atom. The van der Waals surface area contributed by atoms with Gasteiger partial charge in [-0.05, 0) is 31.7 Å². The van der Waals surface area contributed by atoms with Crippen molar-refractivity contribution < 1.29 is 4.79 Å². The van der Waals surface area contributed by atoms with Crippen LogP contribution in [0.3, 0.4) is 0 Å². The minimum absolute atomic E-state index is 0.0211. The Hall–Kier alpha value is -2.61. The van der Waals surface area contributed by atoms with E-state index in [1.165, 1.54) is 0 Å². The first-order valence-corrected chi connectivity index (χ1v) is 8.88. The number of aromatic nitrogens is 4. The minimum atomic E-state index is -0.331. The number of aromatic amines is 1. The molecule has 0 aliphatic carbocycles. The van der Waals surface area contributed by atoms with E-state index in [1.807, 2.05) is 4.90 Å². The van der Waals surface area contributed by atoms with Crippen LogP contribution >= 0.6 is 0 Å². The van der Waals surface area contributed by atoms with Crippen LogP contribution in [0.2, 0.25) is 0 Å². The van der Waals surface area contributed by atoms with Crippen molar-refractivity contribution >= 4 is 5.91 Å². The van der Waals surface area contributed by atoms with Crippen molar-refractivity contribution in [1.29, 1.82) is 0 Å². The van der Waals surface area contributed by atoms with E-state index in [1.54, 1.807) is 25.4 Å². The van der Waals surface area contributed by atoms with Gasteiger partial charge in [-0.3, -0.25) is 9.59 Å². The summed E-state index contributed by atoms with van der Waals surface area (Å²) in [4.78, 5) is 42.4. The highest BCUT2D eigenvalue weighted by molar-refractivity contribution is 5.79. The van der Waals surface area contributed by atoms with Crippen LogP contribution in [-0.2, 0) is 11.2 Å². The molecule has 8 nitrogen and oxygen atoms in total. The molecule has 1 saturated heterocycles. The number of aryl methyl sites for hydroxylation is 1. The minimum Gasteiger partial charge on any atom is -0.338 e. The lowest BCUT2D eigenvalue weighted by Gasteiger charge is -2.39. The van der Waals surface area contributed by atoms with Gasteiger partial charge in [0, 0.05) is 42.8 Å². The van der Waals surface area contributed by atoms with E-state index in [-0.39, 0.29) is 23.9 Å².